The van der Waals surface area contributed by atoms with Gasteiger partial charge in [-0.15, -0.1) is 0 Å². The highest BCUT2D eigenvalue weighted by Crippen LogP contribution is 2.59. The van der Waals surface area contributed by atoms with Crippen LogP contribution in [0, 0.1) is 29.1 Å². The monoisotopic (exact) mass is 428 g/mol. The molecule has 3 aliphatic rings. The van der Waals surface area contributed by atoms with Gasteiger partial charge in [-0.25, -0.2) is 0 Å². The first-order valence-electron chi connectivity index (χ1n) is 12.3. The first kappa shape index (κ1) is 24.5. The van der Waals surface area contributed by atoms with E-state index in [4.69, 9.17) is 0 Å². The van der Waals surface area contributed by atoms with E-state index in [-0.39, 0.29) is 5.92 Å². The van der Waals surface area contributed by atoms with Crippen molar-refractivity contribution >= 4 is 0 Å². The van der Waals surface area contributed by atoms with Gasteiger partial charge in [0.15, 0.2) is 0 Å². The van der Waals surface area contributed by atoms with Crippen LogP contribution >= 0.6 is 0 Å². The van der Waals surface area contributed by atoms with Gasteiger partial charge in [-0.1, -0.05) is 62.8 Å². The molecule has 3 heteroatoms. The normalized spacial score (nSPS) is 37.9. The average molecular weight is 429 g/mol. The van der Waals surface area contributed by atoms with E-state index in [0.29, 0.717) is 41.6 Å². The maximum absolute atomic E-state index is 10.3. The summed E-state index contributed by atoms with van der Waals surface area (Å²) >= 11 is 0. The lowest BCUT2D eigenvalue weighted by Gasteiger charge is -2.44. The number of rotatable bonds is 5. The molecule has 0 aromatic rings. The van der Waals surface area contributed by atoms with Crippen LogP contribution in [0.25, 0.3) is 0 Å². The highest BCUT2D eigenvalue weighted by Gasteiger charge is 2.50. The van der Waals surface area contributed by atoms with E-state index in [0.717, 1.165) is 12.0 Å². The summed E-state index contributed by atoms with van der Waals surface area (Å²) < 4.78 is 0. The zero-order valence-electron chi connectivity index (χ0n) is 20.3. The van der Waals surface area contributed by atoms with E-state index >= 15 is 0 Å². The second-order valence-corrected chi connectivity index (χ2v) is 11.4. The third kappa shape index (κ3) is 5.26. The number of allylic oxidation sites excluding steroid dienone is 4. The SMILES string of the molecule is C=C1[C@H](O)CC(=C/C=C2\CCC[C@]3(C)[C@@H]([C@H](C)/C=C/[C@@H](C)C(C)(C)O)CC[C@@H]23)C[C@H]1O. The molecule has 0 unspecified atom stereocenters. The van der Waals surface area contributed by atoms with Crippen LogP contribution in [0.3, 0.4) is 0 Å². The molecule has 31 heavy (non-hydrogen) atoms. The molecule has 0 amide bonds. The Morgan fingerprint density at radius 1 is 1.06 bits per heavy atom. The van der Waals surface area contributed by atoms with Gasteiger partial charge in [0.2, 0.25) is 0 Å². The maximum Gasteiger partial charge on any atom is 0.0809 e. The second kappa shape index (κ2) is 9.37. The Bertz CT molecular complexity index is 737. The molecule has 0 aliphatic heterocycles. The molecule has 0 spiro atoms. The molecule has 0 aromatic heterocycles. The predicted octanol–water partition coefficient (Wildman–Crippen LogP) is 5.73. The fourth-order valence-electron chi connectivity index (χ4n) is 6.28. The molecule has 0 aromatic carbocycles. The third-order valence-electron chi connectivity index (χ3n) is 8.79. The van der Waals surface area contributed by atoms with E-state index in [9.17, 15) is 15.3 Å². The van der Waals surface area contributed by atoms with E-state index in [2.05, 4.69) is 51.7 Å². The van der Waals surface area contributed by atoms with E-state index < -0.39 is 17.8 Å². The van der Waals surface area contributed by atoms with Crippen LogP contribution in [-0.4, -0.2) is 33.1 Å². The summed E-state index contributed by atoms with van der Waals surface area (Å²) in [4.78, 5) is 0. The molecule has 3 fully saturated rings. The third-order valence-corrected chi connectivity index (χ3v) is 8.79. The van der Waals surface area contributed by atoms with Crippen LogP contribution < -0.4 is 0 Å². The summed E-state index contributed by atoms with van der Waals surface area (Å²) in [6.07, 6.45) is 15.1. The molecule has 0 bridgehead atoms. The van der Waals surface area contributed by atoms with Crippen molar-refractivity contribution in [2.45, 2.75) is 97.4 Å². The lowest BCUT2D eigenvalue weighted by atomic mass is 9.61. The van der Waals surface area contributed by atoms with Gasteiger partial charge in [-0.3, -0.25) is 0 Å². The Morgan fingerprint density at radius 2 is 1.71 bits per heavy atom. The van der Waals surface area contributed by atoms with Crippen LogP contribution in [0.1, 0.15) is 79.6 Å². The Kier molecular flexibility index (Phi) is 7.40. The summed E-state index contributed by atoms with van der Waals surface area (Å²) in [5, 5.41) is 30.5. The van der Waals surface area contributed by atoms with Gasteiger partial charge in [0.05, 0.1) is 17.8 Å². The zero-order chi connectivity index (χ0) is 23.0. The molecule has 3 N–H and O–H groups in total. The van der Waals surface area contributed by atoms with Crippen LogP contribution in [0.5, 0.6) is 0 Å². The van der Waals surface area contributed by atoms with Crippen molar-refractivity contribution in [2.24, 2.45) is 29.1 Å². The topological polar surface area (TPSA) is 60.7 Å². The van der Waals surface area contributed by atoms with Crippen LogP contribution in [0.2, 0.25) is 0 Å². The molecular formula is C28H44O3. The Balaban J connectivity index is 1.73. The van der Waals surface area contributed by atoms with Crippen molar-refractivity contribution in [1.82, 2.24) is 0 Å². The lowest BCUT2D eigenvalue weighted by molar-refractivity contribution is 0.0436. The smallest absolute Gasteiger partial charge is 0.0809 e. The summed E-state index contributed by atoms with van der Waals surface area (Å²) in [6.45, 7) is 14.5. The van der Waals surface area contributed by atoms with Gasteiger partial charge in [0.25, 0.3) is 0 Å². The molecule has 0 saturated heterocycles. The van der Waals surface area contributed by atoms with Crippen molar-refractivity contribution < 1.29 is 15.3 Å². The fraction of sp³-hybridized carbons (Fsp3) is 0.714. The van der Waals surface area contributed by atoms with Crippen LogP contribution in [0.4, 0.5) is 0 Å². The molecule has 3 nitrogen and oxygen atoms in total. The lowest BCUT2D eigenvalue weighted by Crippen LogP contribution is -2.35. The quantitative estimate of drug-likeness (QED) is 0.490. The molecule has 174 valence electrons. The zero-order valence-corrected chi connectivity index (χ0v) is 20.3. The van der Waals surface area contributed by atoms with Crippen molar-refractivity contribution in [3.8, 4) is 0 Å². The number of fused-ring (bicyclic) bond motifs is 1. The van der Waals surface area contributed by atoms with Gasteiger partial charge in [-0.05, 0) is 87.5 Å². The predicted molar refractivity (Wildman–Crippen MR) is 128 cm³/mol. The Hall–Kier alpha value is -1.16. The van der Waals surface area contributed by atoms with Gasteiger partial charge in [-0.2, -0.15) is 0 Å². The number of aliphatic hydroxyl groups excluding tert-OH is 2. The number of hydrogen-bond acceptors (Lipinski definition) is 3. The van der Waals surface area contributed by atoms with Crippen molar-refractivity contribution in [3.63, 3.8) is 0 Å². The van der Waals surface area contributed by atoms with Gasteiger partial charge < -0.3 is 15.3 Å². The summed E-state index contributed by atoms with van der Waals surface area (Å²) in [5.41, 5.74) is 2.87. The first-order valence-corrected chi connectivity index (χ1v) is 12.3. The molecule has 0 radical (unpaired) electrons. The minimum atomic E-state index is -0.681. The molecule has 3 rings (SSSR count). The van der Waals surface area contributed by atoms with Crippen molar-refractivity contribution in [3.05, 3.63) is 47.6 Å². The van der Waals surface area contributed by atoms with Gasteiger partial charge >= 0.3 is 0 Å². The maximum atomic E-state index is 10.3. The molecular weight excluding hydrogens is 384 g/mol. The Labute approximate surface area is 189 Å². The largest absolute Gasteiger partial charge is 0.390 e. The van der Waals surface area contributed by atoms with Crippen LogP contribution in [0.15, 0.2) is 47.6 Å². The summed E-state index contributed by atoms with van der Waals surface area (Å²) in [7, 11) is 0. The average Bonchev–Trinajstić information content (AvgIpc) is 3.05. The highest BCUT2D eigenvalue weighted by molar-refractivity contribution is 5.29. The minimum Gasteiger partial charge on any atom is -0.390 e. The van der Waals surface area contributed by atoms with Crippen molar-refractivity contribution in [1.29, 1.82) is 0 Å². The van der Waals surface area contributed by atoms with Crippen molar-refractivity contribution in [2.75, 3.05) is 0 Å². The van der Waals surface area contributed by atoms with Gasteiger partial charge in [0.1, 0.15) is 0 Å². The Morgan fingerprint density at radius 3 is 2.32 bits per heavy atom. The number of aliphatic hydroxyl groups is 3. The first-order chi connectivity index (χ1) is 14.4. The second-order valence-electron chi connectivity index (χ2n) is 11.4. The minimum absolute atomic E-state index is 0.144. The van der Waals surface area contributed by atoms with E-state index in [1.54, 1.807) is 5.57 Å². The standard InChI is InChI=1S/C28H44O3/c1-18(9-10-19(2)27(4,5)31)23-13-14-24-22(8-7-15-28(23,24)6)12-11-21-16-25(29)20(3)26(30)17-21/h9-12,18-19,23-26,29-31H,3,7-8,13-17H2,1-2,4-6H3/b10-9+,22-12+/t18-,19-,23-,24+,25-,26-,28-/m1/s1. The van der Waals surface area contributed by atoms with E-state index in [1.807, 2.05) is 13.8 Å². The van der Waals surface area contributed by atoms with E-state index in [1.165, 1.54) is 25.7 Å². The fourth-order valence-corrected chi connectivity index (χ4v) is 6.28. The summed E-state index contributed by atoms with van der Waals surface area (Å²) in [6, 6.07) is 0. The molecule has 0 heterocycles. The van der Waals surface area contributed by atoms with Crippen LogP contribution in [-0.2, 0) is 0 Å². The number of hydrogen-bond donors (Lipinski definition) is 3. The summed E-state index contributed by atoms with van der Waals surface area (Å²) in [5.74, 6) is 1.94. The molecule has 3 saturated carbocycles. The molecule has 3 aliphatic carbocycles. The highest BCUT2D eigenvalue weighted by atomic mass is 16.3. The molecule has 7 atom stereocenters. The van der Waals surface area contributed by atoms with Gasteiger partial charge in [0, 0.05) is 5.92 Å².